The van der Waals surface area contributed by atoms with Crippen molar-refractivity contribution in [3.63, 3.8) is 0 Å². The van der Waals surface area contributed by atoms with Gasteiger partial charge in [0.15, 0.2) is 6.04 Å². The van der Waals surface area contributed by atoms with Crippen molar-refractivity contribution in [2.24, 2.45) is 5.11 Å². The summed E-state index contributed by atoms with van der Waals surface area (Å²) < 4.78 is 2.12. The minimum absolute atomic E-state index is 0.0601. The van der Waals surface area contributed by atoms with Crippen molar-refractivity contribution >= 4 is 11.6 Å². The van der Waals surface area contributed by atoms with E-state index in [4.69, 9.17) is 16.7 Å². The largest absolute Gasteiger partial charge is 0.256 e. The highest BCUT2D eigenvalue weighted by molar-refractivity contribution is 6.22. The van der Waals surface area contributed by atoms with E-state index in [0.29, 0.717) is 6.04 Å². The highest BCUT2D eigenvalue weighted by Gasteiger charge is 2.46. The van der Waals surface area contributed by atoms with Crippen LogP contribution in [-0.4, -0.2) is 21.3 Å². The third kappa shape index (κ3) is 3.44. The number of azo groups is 2. The molecule has 0 saturated heterocycles. The Kier molecular flexibility index (Phi) is 3.80. The Hall–Kier alpha value is -0.110. The van der Waals surface area contributed by atoms with Crippen LogP contribution < -0.4 is 0 Å². The normalized spacial score (nSPS) is 25.5. The smallest absolute Gasteiger partial charge is 0.105 e. The van der Waals surface area contributed by atoms with Crippen molar-refractivity contribution in [2.75, 3.05) is 0 Å². The van der Waals surface area contributed by atoms with Crippen molar-refractivity contribution < 1.29 is 4.70 Å². The summed E-state index contributed by atoms with van der Waals surface area (Å²) in [5.74, 6) is 0. The first-order chi connectivity index (χ1) is 6.76. The van der Waals surface area contributed by atoms with Crippen LogP contribution in [0.15, 0.2) is 5.11 Å². The standard InChI is InChI=1S/C12H24ClN2/c1-6-7-8-10-9-11(2,3)14-15(10)12(4,5)13/h10H,6-9H2,1-5H3/q+1. The van der Waals surface area contributed by atoms with Crippen LogP contribution in [0.25, 0.3) is 0 Å². The maximum atomic E-state index is 6.37. The summed E-state index contributed by atoms with van der Waals surface area (Å²) in [6.07, 6.45) is 4.84. The highest BCUT2D eigenvalue weighted by Crippen LogP contribution is 2.34. The summed E-state index contributed by atoms with van der Waals surface area (Å²) in [5, 5.41) is 4.73. The molecule has 0 aliphatic carbocycles. The molecule has 1 unspecified atom stereocenters. The third-order valence-electron chi connectivity index (χ3n) is 2.90. The SMILES string of the molecule is CCCCC1CC(C)(C)N=[N+]1C(C)(C)Cl. The van der Waals surface area contributed by atoms with Gasteiger partial charge in [0, 0.05) is 26.7 Å². The van der Waals surface area contributed by atoms with Gasteiger partial charge in [-0.25, -0.2) is 0 Å². The molecule has 1 heterocycles. The zero-order chi connectivity index (χ0) is 11.7. The molecule has 0 N–H and O–H groups in total. The maximum Gasteiger partial charge on any atom is 0.256 e. The molecule has 15 heavy (non-hydrogen) atoms. The lowest BCUT2D eigenvalue weighted by atomic mass is 9.95. The van der Waals surface area contributed by atoms with Gasteiger partial charge in [-0.3, -0.25) is 0 Å². The molecule has 0 saturated carbocycles. The molecule has 2 nitrogen and oxygen atoms in total. The Balaban J connectivity index is 2.78. The van der Waals surface area contributed by atoms with Gasteiger partial charge < -0.3 is 0 Å². The average Bonchev–Trinajstić information content (AvgIpc) is 2.37. The van der Waals surface area contributed by atoms with Crippen LogP contribution in [0, 0.1) is 0 Å². The van der Waals surface area contributed by atoms with E-state index < -0.39 is 0 Å². The number of rotatable bonds is 4. The number of alkyl halides is 1. The lowest BCUT2D eigenvalue weighted by Gasteiger charge is -2.15. The topological polar surface area (TPSA) is 15.4 Å². The van der Waals surface area contributed by atoms with Crippen molar-refractivity contribution in [1.82, 2.24) is 0 Å². The van der Waals surface area contributed by atoms with E-state index in [1.165, 1.54) is 19.3 Å². The van der Waals surface area contributed by atoms with E-state index in [1.807, 2.05) is 13.8 Å². The van der Waals surface area contributed by atoms with Crippen LogP contribution in [0.3, 0.4) is 0 Å². The first-order valence-electron chi connectivity index (χ1n) is 5.97. The van der Waals surface area contributed by atoms with Gasteiger partial charge in [0.1, 0.15) is 5.54 Å². The molecule has 0 aromatic heterocycles. The zero-order valence-electron chi connectivity index (χ0n) is 10.7. The predicted octanol–water partition coefficient (Wildman–Crippen LogP) is 4.17. The van der Waals surface area contributed by atoms with Crippen LogP contribution in [0.1, 0.15) is 60.3 Å². The second-order valence-electron chi connectivity index (χ2n) is 5.67. The Morgan fingerprint density at radius 1 is 1.47 bits per heavy atom. The fraction of sp³-hybridized carbons (Fsp3) is 1.00. The second kappa shape index (κ2) is 4.40. The molecule has 0 spiro atoms. The van der Waals surface area contributed by atoms with E-state index in [0.717, 1.165) is 6.42 Å². The van der Waals surface area contributed by atoms with Crippen LogP contribution in [0.5, 0.6) is 0 Å². The minimum atomic E-state index is -0.355. The molecule has 1 rings (SSSR count). The van der Waals surface area contributed by atoms with E-state index in [2.05, 4.69) is 25.5 Å². The van der Waals surface area contributed by atoms with Gasteiger partial charge in [0.25, 0.3) is 5.00 Å². The van der Waals surface area contributed by atoms with Crippen molar-refractivity contribution in [1.29, 1.82) is 0 Å². The van der Waals surface area contributed by atoms with Gasteiger partial charge in [0.2, 0.25) is 0 Å². The summed E-state index contributed by atoms with van der Waals surface area (Å²) in [6.45, 7) is 10.7. The quantitative estimate of drug-likeness (QED) is 0.392. The summed E-state index contributed by atoms with van der Waals surface area (Å²) in [5.41, 5.74) is 0.0601. The molecule has 1 aliphatic rings. The maximum absolute atomic E-state index is 6.37. The number of hydrogen-bond acceptors (Lipinski definition) is 1. The predicted molar refractivity (Wildman–Crippen MR) is 64.6 cm³/mol. The Morgan fingerprint density at radius 2 is 2.07 bits per heavy atom. The van der Waals surface area contributed by atoms with E-state index in [1.54, 1.807) is 0 Å². The van der Waals surface area contributed by atoms with Gasteiger partial charge in [-0.05, 0) is 37.0 Å². The van der Waals surface area contributed by atoms with Crippen LogP contribution in [0.2, 0.25) is 0 Å². The molecule has 3 heteroatoms. The lowest BCUT2D eigenvalue weighted by Crippen LogP contribution is -2.34. The minimum Gasteiger partial charge on any atom is -0.105 e. The molecule has 0 aromatic carbocycles. The van der Waals surface area contributed by atoms with Crippen molar-refractivity contribution in [2.45, 2.75) is 76.9 Å². The first kappa shape index (κ1) is 13.0. The molecule has 0 amide bonds. The third-order valence-corrected chi connectivity index (χ3v) is 3.07. The zero-order valence-corrected chi connectivity index (χ0v) is 11.4. The van der Waals surface area contributed by atoms with Gasteiger partial charge in [0.05, 0.1) is 0 Å². The van der Waals surface area contributed by atoms with Gasteiger partial charge in [-0.2, -0.15) is 0 Å². The Labute approximate surface area is 98.7 Å². The molecule has 0 fully saturated rings. The molecule has 1 atom stereocenters. The summed E-state index contributed by atoms with van der Waals surface area (Å²) in [6, 6.07) is 0.521. The molecule has 1 aliphatic heterocycles. The summed E-state index contributed by atoms with van der Waals surface area (Å²) >= 11 is 6.37. The van der Waals surface area contributed by atoms with E-state index in [9.17, 15) is 0 Å². The Bertz CT molecular complexity index is 251. The number of hydrogen-bond donors (Lipinski definition) is 0. The van der Waals surface area contributed by atoms with E-state index in [-0.39, 0.29) is 10.5 Å². The lowest BCUT2D eigenvalue weighted by molar-refractivity contribution is -0.659. The van der Waals surface area contributed by atoms with Gasteiger partial charge >= 0.3 is 0 Å². The number of nitrogens with zero attached hydrogens (tertiary/aromatic N) is 2. The van der Waals surface area contributed by atoms with E-state index >= 15 is 0 Å². The molecule has 0 radical (unpaired) electrons. The molecule has 0 bridgehead atoms. The molecule has 0 aromatic rings. The number of unbranched alkanes of at least 4 members (excludes halogenated alkanes) is 1. The monoisotopic (exact) mass is 231 g/mol. The fourth-order valence-electron chi connectivity index (χ4n) is 2.29. The second-order valence-corrected chi connectivity index (χ2v) is 6.59. The first-order valence-corrected chi connectivity index (χ1v) is 6.35. The Morgan fingerprint density at radius 3 is 2.53 bits per heavy atom. The average molecular weight is 232 g/mol. The fourth-order valence-corrected chi connectivity index (χ4v) is 2.47. The van der Waals surface area contributed by atoms with Crippen LogP contribution >= 0.6 is 11.6 Å². The summed E-state index contributed by atoms with van der Waals surface area (Å²) in [7, 11) is 0. The van der Waals surface area contributed by atoms with Crippen LogP contribution in [0.4, 0.5) is 0 Å². The van der Waals surface area contributed by atoms with Crippen LogP contribution in [-0.2, 0) is 0 Å². The molecular weight excluding hydrogens is 208 g/mol. The van der Waals surface area contributed by atoms with Gasteiger partial charge in [-0.15, -0.1) is 4.70 Å². The highest BCUT2D eigenvalue weighted by atomic mass is 35.5. The van der Waals surface area contributed by atoms with Crippen molar-refractivity contribution in [3.05, 3.63) is 0 Å². The summed E-state index contributed by atoms with van der Waals surface area (Å²) in [4.78, 5) is -0.355. The molecule has 88 valence electrons. The van der Waals surface area contributed by atoms with Crippen molar-refractivity contribution in [3.8, 4) is 0 Å². The number of halogens is 1. The van der Waals surface area contributed by atoms with Gasteiger partial charge in [-0.1, -0.05) is 13.3 Å². The molecular formula is C12H24ClN2+.